The van der Waals surface area contributed by atoms with Gasteiger partial charge in [0.2, 0.25) is 11.8 Å². The smallest absolute Gasteiger partial charge is 0.247 e. The largest absolute Gasteiger partial charge is 0.482 e. The van der Waals surface area contributed by atoms with Crippen LogP contribution >= 0.6 is 22.6 Å². The third kappa shape index (κ3) is 9.28. The van der Waals surface area contributed by atoms with E-state index in [0.717, 1.165) is 40.6 Å². The molecule has 0 aromatic heterocycles. The maximum Gasteiger partial charge on any atom is 0.247 e. The Kier molecular flexibility index (Phi) is 13.3. The van der Waals surface area contributed by atoms with E-state index in [1.165, 1.54) is 77.0 Å². The van der Waals surface area contributed by atoms with Crippen LogP contribution in [0.1, 0.15) is 116 Å². The Hall–Kier alpha value is -1.65. The van der Waals surface area contributed by atoms with Gasteiger partial charge in [-0.3, -0.25) is 9.59 Å². The minimum absolute atomic E-state index is 0.104. The van der Waals surface area contributed by atoms with Crippen molar-refractivity contribution < 1.29 is 24.5 Å². The molecule has 4 fully saturated rings. The van der Waals surface area contributed by atoms with Crippen molar-refractivity contribution in [2.24, 2.45) is 23.2 Å². The number of hydrogen-bond donors (Lipinski definition) is 3. The maximum atomic E-state index is 14.3. The summed E-state index contributed by atoms with van der Waals surface area (Å²) in [5.74, 6) is 2.75. The Morgan fingerprint density at radius 1 is 0.957 bits per heavy atom. The van der Waals surface area contributed by atoms with E-state index in [9.17, 15) is 19.8 Å². The first-order chi connectivity index (χ1) is 22.3. The van der Waals surface area contributed by atoms with Crippen molar-refractivity contribution in [1.82, 2.24) is 10.2 Å². The number of aliphatic hydroxyl groups excluding tert-OH is 2. The van der Waals surface area contributed by atoms with Gasteiger partial charge in [-0.25, -0.2) is 0 Å². The number of benzene rings is 1. The Morgan fingerprint density at radius 3 is 2.17 bits per heavy atom. The van der Waals surface area contributed by atoms with Gasteiger partial charge >= 0.3 is 0 Å². The fourth-order valence-electron chi connectivity index (χ4n) is 9.43. The van der Waals surface area contributed by atoms with Gasteiger partial charge < -0.3 is 25.2 Å². The zero-order chi connectivity index (χ0) is 32.5. The molecule has 8 heteroatoms. The van der Waals surface area contributed by atoms with E-state index in [2.05, 4.69) is 34.8 Å². The molecule has 4 bridgehead atoms. The molecule has 1 aromatic rings. The molecule has 0 aliphatic heterocycles. The molecule has 46 heavy (non-hydrogen) atoms. The number of hydrogen-bond acceptors (Lipinski definition) is 5. The maximum absolute atomic E-state index is 14.3. The Labute approximate surface area is 290 Å². The highest BCUT2D eigenvalue weighted by atomic mass is 127. The highest BCUT2D eigenvalue weighted by Gasteiger charge is 2.53. The lowest BCUT2D eigenvalue weighted by Gasteiger charge is -2.58. The Bertz CT molecular complexity index is 1150. The number of rotatable bonds is 18. The van der Waals surface area contributed by atoms with Gasteiger partial charge in [0.15, 0.2) is 0 Å². The first-order valence-electron chi connectivity index (χ1n) is 18.3. The van der Waals surface area contributed by atoms with E-state index in [4.69, 9.17) is 4.74 Å². The monoisotopic (exact) mass is 748 g/mol. The van der Waals surface area contributed by atoms with Crippen molar-refractivity contribution in [3.8, 4) is 5.75 Å². The van der Waals surface area contributed by atoms with Crippen LogP contribution in [0.2, 0.25) is 0 Å². The van der Waals surface area contributed by atoms with Crippen LogP contribution in [0.15, 0.2) is 35.9 Å². The molecule has 0 spiro atoms. The second-order valence-electron chi connectivity index (χ2n) is 15.0. The molecule has 3 atom stereocenters. The quantitative estimate of drug-likeness (QED) is 0.109. The van der Waals surface area contributed by atoms with Gasteiger partial charge in [-0.05, 0) is 109 Å². The fourth-order valence-corrected chi connectivity index (χ4v) is 9.95. The van der Waals surface area contributed by atoms with E-state index in [-0.39, 0.29) is 36.8 Å². The van der Waals surface area contributed by atoms with Crippen molar-refractivity contribution in [3.63, 3.8) is 0 Å². The van der Waals surface area contributed by atoms with Crippen molar-refractivity contribution in [2.75, 3.05) is 19.7 Å². The zero-order valence-corrected chi connectivity index (χ0v) is 30.1. The predicted octanol–water partition coefficient (Wildman–Crippen LogP) is 7.17. The summed E-state index contributed by atoms with van der Waals surface area (Å²) < 4.78 is 7.31. The number of ether oxygens (including phenoxy) is 1. The Balaban J connectivity index is 1.34. The van der Waals surface area contributed by atoms with Gasteiger partial charge in [-0.2, -0.15) is 0 Å². The average molecular weight is 749 g/mol. The summed E-state index contributed by atoms with van der Waals surface area (Å²) in [5.41, 5.74) is 0.611. The molecule has 256 valence electrons. The number of halogens is 1. The molecule has 1 aromatic carbocycles. The van der Waals surface area contributed by atoms with Crippen molar-refractivity contribution in [3.05, 3.63) is 39.5 Å². The van der Waals surface area contributed by atoms with Crippen molar-refractivity contribution in [1.29, 1.82) is 0 Å². The van der Waals surface area contributed by atoms with Crippen LogP contribution in [0.5, 0.6) is 5.75 Å². The number of amides is 2. The number of unbranched alkanes of at least 4 members (excludes halogenated alkanes) is 8. The molecule has 3 N–H and O–H groups in total. The number of carbonyl (C=O) groups is 2. The number of aliphatic hydroxyl groups is 2. The first-order valence-corrected chi connectivity index (χ1v) is 19.4. The second kappa shape index (κ2) is 17.1. The molecule has 3 unspecified atom stereocenters. The fraction of sp³-hybridized carbons (Fsp3) is 0.737. The van der Waals surface area contributed by atoms with Gasteiger partial charge in [0.1, 0.15) is 18.0 Å². The van der Waals surface area contributed by atoms with Gasteiger partial charge in [0.05, 0.1) is 16.2 Å². The summed E-state index contributed by atoms with van der Waals surface area (Å²) in [6.45, 7) is 2.91. The number of nitrogens with zero attached hydrogens (tertiary/aromatic N) is 1. The topological polar surface area (TPSA) is 99.1 Å². The van der Waals surface area contributed by atoms with Gasteiger partial charge in [-0.15, -0.1) is 0 Å². The lowest BCUT2D eigenvalue weighted by Crippen LogP contribution is -2.59. The Morgan fingerprint density at radius 2 is 1.57 bits per heavy atom. The number of carbonyl (C=O) groups excluding carboxylic acids is 2. The van der Waals surface area contributed by atoms with Crippen molar-refractivity contribution in [2.45, 2.75) is 134 Å². The molecule has 2 amide bonds. The van der Waals surface area contributed by atoms with Gasteiger partial charge in [-0.1, -0.05) is 70.4 Å². The molecule has 0 saturated heterocycles. The standard InChI is InChI=1S/C38H57IN2O5/c1-2-3-4-5-6-7-8-9-10-15-35(43)41(26-38-23-27-18-28(24-38)20-29(19-27)25-38)32-21-30(37(45)40-16-17-42)22-34(36(32)44)46-33-14-12-11-13-31(33)39/h11-14,22,27-29,32,34,36,42,44H,2-10,15-21,23-26H2,1H3,(H,40,45). The molecular weight excluding hydrogens is 691 g/mol. The zero-order valence-electron chi connectivity index (χ0n) is 27.9. The summed E-state index contributed by atoms with van der Waals surface area (Å²) in [6.07, 6.45) is 19.0. The van der Waals surface area contributed by atoms with Gasteiger partial charge in [0, 0.05) is 31.5 Å². The van der Waals surface area contributed by atoms with Crippen molar-refractivity contribution >= 4 is 34.4 Å². The van der Waals surface area contributed by atoms with Crippen LogP contribution in [-0.4, -0.2) is 64.9 Å². The molecule has 4 saturated carbocycles. The van der Waals surface area contributed by atoms with E-state index in [1.807, 2.05) is 29.2 Å². The highest BCUT2D eigenvalue weighted by Crippen LogP contribution is 2.60. The summed E-state index contributed by atoms with van der Waals surface area (Å²) in [6, 6.07) is 7.12. The molecule has 0 radical (unpaired) electrons. The third-order valence-corrected chi connectivity index (χ3v) is 12.1. The third-order valence-electron chi connectivity index (χ3n) is 11.2. The lowest BCUT2D eigenvalue weighted by atomic mass is 9.49. The average Bonchev–Trinajstić information content (AvgIpc) is 3.03. The minimum Gasteiger partial charge on any atom is -0.482 e. The van der Waals surface area contributed by atoms with Crippen LogP contribution in [-0.2, 0) is 9.59 Å². The normalized spacial score (nSPS) is 29.8. The molecule has 6 rings (SSSR count). The molecule has 5 aliphatic carbocycles. The first kappa shape index (κ1) is 35.7. The van der Waals surface area contributed by atoms with Crippen LogP contribution in [0.4, 0.5) is 0 Å². The predicted molar refractivity (Wildman–Crippen MR) is 190 cm³/mol. The highest BCUT2D eigenvalue weighted by molar-refractivity contribution is 14.1. The summed E-state index contributed by atoms with van der Waals surface area (Å²) in [7, 11) is 0. The van der Waals surface area contributed by atoms with Crippen LogP contribution < -0.4 is 10.1 Å². The van der Waals surface area contributed by atoms with E-state index >= 15 is 0 Å². The SMILES string of the molecule is CCCCCCCCCCCC(=O)N(CC12CC3CC(CC(C3)C1)C2)C1CC(C(=O)NCCO)=CC(Oc2ccccc2I)C1O. The molecule has 0 heterocycles. The number of nitrogens with one attached hydrogen (secondary N) is 1. The lowest BCUT2D eigenvalue weighted by molar-refractivity contribution is -0.147. The van der Waals surface area contributed by atoms with Gasteiger partial charge in [0.25, 0.3) is 0 Å². The summed E-state index contributed by atoms with van der Waals surface area (Å²) in [5, 5.41) is 24.1. The van der Waals surface area contributed by atoms with E-state index in [0.29, 0.717) is 24.3 Å². The van der Waals surface area contributed by atoms with Crippen LogP contribution in [0, 0.1) is 26.7 Å². The second-order valence-corrected chi connectivity index (χ2v) is 16.1. The van der Waals surface area contributed by atoms with E-state index < -0.39 is 18.2 Å². The number of para-hydroxylation sites is 1. The van der Waals surface area contributed by atoms with Crippen LogP contribution in [0.25, 0.3) is 0 Å². The van der Waals surface area contributed by atoms with Crippen LogP contribution in [0.3, 0.4) is 0 Å². The minimum atomic E-state index is -0.966. The van der Waals surface area contributed by atoms with E-state index in [1.54, 1.807) is 6.08 Å². The molecule has 7 nitrogen and oxygen atoms in total. The molecule has 5 aliphatic rings. The summed E-state index contributed by atoms with van der Waals surface area (Å²) in [4.78, 5) is 29.6. The molecular formula is C38H57IN2O5. The summed E-state index contributed by atoms with van der Waals surface area (Å²) >= 11 is 2.22.